The number of fused-ring (bicyclic) bond motifs is 1. The van der Waals surface area contributed by atoms with E-state index in [2.05, 4.69) is 0 Å². The molecule has 0 aromatic heterocycles. The number of aryl methyl sites for hydroxylation is 1. The van der Waals surface area contributed by atoms with Crippen LogP contribution in [0.2, 0.25) is 0 Å². The third-order valence-electron chi connectivity index (χ3n) is 2.55. The van der Waals surface area contributed by atoms with Crippen molar-refractivity contribution >= 4 is 11.6 Å². The number of rotatable bonds is 1. The number of hydrogen-bond donors (Lipinski definition) is 0. The van der Waals surface area contributed by atoms with Gasteiger partial charge >= 0.3 is 0 Å². The van der Waals surface area contributed by atoms with Crippen LogP contribution in [-0.2, 0) is 4.79 Å². The number of anilines is 1. The van der Waals surface area contributed by atoms with E-state index < -0.39 is 6.10 Å². The van der Waals surface area contributed by atoms with E-state index in [1.807, 2.05) is 31.2 Å². The van der Waals surface area contributed by atoms with E-state index in [1.165, 1.54) is 4.90 Å². The molecule has 1 atom stereocenters. The van der Waals surface area contributed by atoms with Crippen LogP contribution in [0.25, 0.3) is 0 Å². The van der Waals surface area contributed by atoms with E-state index in [0.29, 0.717) is 11.4 Å². The highest BCUT2D eigenvalue weighted by atomic mass is 16.5. The summed E-state index contributed by atoms with van der Waals surface area (Å²) in [7, 11) is 0. The van der Waals surface area contributed by atoms with Crippen molar-refractivity contribution in [3.8, 4) is 11.8 Å². The Morgan fingerprint density at radius 1 is 1.56 bits per heavy atom. The van der Waals surface area contributed by atoms with Gasteiger partial charge in [0.2, 0.25) is 0 Å². The number of carbonyl (C=O) groups excluding carboxylic acids is 1. The molecule has 0 spiro atoms. The van der Waals surface area contributed by atoms with Gasteiger partial charge < -0.3 is 4.74 Å². The Bertz CT molecular complexity index is 476. The molecule has 0 saturated heterocycles. The van der Waals surface area contributed by atoms with Gasteiger partial charge in [0.1, 0.15) is 12.3 Å². The standard InChI is InChI=1S/C12H12N2O2/c1-8-3-4-11-10(7-8)14(6-5-13)12(15)9(2)16-11/h3-4,7,9H,6H2,1-2H3. The van der Waals surface area contributed by atoms with Crippen LogP contribution >= 0.6 is 0 Å². The molecule has 2 rings (SSSR count). The van der Waals surface area contributed by atoms with Gasteiger partial charge in [-0.1, -0.05) is 6.07 Å². The van der Waals surface area contributed by atoms with Crippen LogP contribution in [0.5, 0.6) is 5.75 Å². The lowest BCUT2D eigenvalue weighted by molar-refractivity contribution is -0.125. The van der Waals surface area contributed by atoms with Crippen molar-refractivity contribution in [2.75, 3.05) is 11.4 Å². The maximum absolute atomic E-state index is 11.8. The van der Waals surface area contributed by atoms with Crippen molar-refractivity contribution in [1.29, 1.82) is 5.26 Å². The Morgan fingerprint density at radius 3 is 3.00 bits per heavy atom. The van der Waals surface area contributed by atoms with Gasteiger partial charge in [-0.05, 0) is 31.5 Å². The number of hydrogen-bond acceptors (Lipinski definition) is 3. The van der Waals surface area contributed by atoms with Gasteiger partial charge in [-0.25, -0.2) is 0 Å². The molecule has 4 nitrogen and oxygen atoms in total. The summed E-state index contributed by atoms with van der Waals surface area (Å²) in [5.74, 6) is 0.493. The maximum atomic E-state index is 11.8. The van der Waals surface area contributed by atoms with Crippen LogP contribution in [0.4, 0.5) is 5.69 Å². The second-order valence-corrected chi connectivity index (χ2v) is 3.81. The summed E-state index contributed by atoms with van der Waals surface area (Å²) in [6, 6.07) is 7.61. The predicted octanol–water partition coefficient (Wildman–Crippen LogP) is 1.63. The molecule has 0 N–H and O–H groups in total. The summed E-state index contributed by atoms with van der Waals surface area (Å²) in [4.78, 5) is 13.3. The lowest BCUT2D eigenvalue weighted by Crippen LogP contribution is -2.44. The highest BCUT2D eigenvalue weighted by molar-refractivity contribution is 6.00. The fraction of sp³-hybridized carbons (Fsp3) is 0.333. The highest BCUT2D eigenvalue weighted by Gasteiger charge is 2.31. The molecule has 1 amide bonds. The minimum absolute atomic E-state index is 0.0585. The fourth-order valence-electron chi connectivity index (χ4n) is 1.75. The average Bonchev–Trinajstić information content (AvgIpc) is 2.26. The van der Waals surface area contributed by atoms with E-state index in [4.69, 9.17) is 10.00 Å². The summed E-state index contributed by atoms with van der Waals surface area (Å²) in [6.45, 7) is 3.69. The molecule has 0 aliphatic carbocycles. The SMILES string of the molecule is Cc1ccc2c(c1)N(CC#N)C(=O)C(C)O2. The molecule has 0 saturated carbocycles. The molecule has 1 heterocycles. The lowest BCUT2D eigenvalue weighted by Gasteiger charge is -2.31. The van der Waals surface area contributed by atoms with Gasteiger partial charge in [0.05, 0.1) is 11.8 Å². The van der Waals surface area contributed by atoms with Crippen LogP contribution in [0.1, 0.15) is 12.5 Å². The van der Waals surface area contributed by atoms with Crippen molar-refractivity contribution in [2.45, 2.75) is 20.0 Å². The monoisotopic (exact) mass is 216 g/mol. The molecule has 0 radical (unpaired) electrons. The second kappa shape index (κ2) is 3.86. The quantitative estimate of drug-likeness (QED) is 0.670. The molecule has 1 aliphatic heterocycles. The molecule has 82 valence electrons. The molecule has 16 heavy (non-hydrogen) atoms. The van der Waals surface area contributed by atoms with Crippen LogP contribution in [-0.4, -0.2) is 18.6 Å². The Hall–Kier alpha value is -2.02. The summed E-state index contributed by atoms with van der Waals surface area (Å²) >= 11 is 0. The van der Waals surface area contributed by atoms with Gasteiger partial charge in [0, 0.05) is 0 Å². The summed E-state index contributed by atoms with van der Waals surface area (Å²) in [6.07, 6.45) is -0.524. The van der Waals surface area contributed by atoms with Crippen molar-refractivity contribution in [2.24, 2.45) is 0 Å². The predicted molar refractivity (Wildman–Crippen MR) is 59.2 cm³/mol. The largest absolute Gasteiger partial charge is 0.479 e. The third kappa shape index (κ3) is 1.61. The molecule has 1 unspecified atom stereocenters. The molecular weight excluding hydrogens is 204 g/mol. The Morgan fingerprint density at radius 2 is 2.31 bits per heavy atom. The Labute approximate surface area is 94.0 Å². The molecule has 0 bridgehead atoms. The van der Waals surface area contributed by atoms with Crippen molar-refractivity contribution < 1.29 is 9.53 Å². The maximum Gasteiger partial charge on any atom is 0.268 e. The van der Waals surface area contributed by atoms with Gasteiger partial charge in [-0.15, -0.1) is 0 Å². The Kier molecular flexibility index (Phi) is 2.53. The topological polar surface area (TPSA) is 53.3 Å². The van der Waals surface area contributed by atoms with Crippen LogP contribution in [0.15, 0.2) is 18.2 Å². The summed E-state index contributed by atoms with van der Waals surface area (Å²) in [5.41, 5.74) is 1.72. The van der Waals surface area contributed by atoms with E-state index in [1.54, 1.807) is 6.92 Å². The lowest BCUT2D eigenvalue weighted by atomic mass is 10.1. The van der Waals surface area contributed by atoms with Crippen molar-refractivity contribution in [3.05, 3.63) is 23.8 Å². The van der Waals surface area contributed by atoms with Crippen molar-refractivity contribution in [1.82, 2.24) is 0 Å². The number of benzene rings is 1. The third-order valence-corrected chi connectivity index (χ3v) is 2.55. The van der Waals surface area contributed by atoms with Gasteiger partial charge in [0.15, 0.2) is 6.10 Å². The number of ether oxygens (including phenoxy) is 1. The van der Waals surface area contributed by atoms with Gasteiger partial charge in [-0.2, -0.15) is 5.26 Å². The van der Waals surface area contributed by atoms with Gasteiger partial charge in [-0.3, -0.25) is 9.69 Å². The number of nitriles is 1. The second-order valence-electron chi connectivity index (χ2n) is 3.81. The van der Waals surface area contributed by atoms with E-state index >= 15 is 0 Å². The number of nitrogens with zero attached hydrogens (tertiary/aromatic N) is 2. The van der Waals surface area contributed by atoms with E-state index in [-0.39, 0.29) is 12.5 Å². The molecule has 0 fully saturated rings. The zero-order valence-corrected chi connectivity index (χ0v) is 9.23. The first-order chi connectivity index (χ1) is 7.63. The van der Waals surface area contributed by atoms with E-state index in [0.717, 1.165) is 5.56 Å². The summed E-state index contributed by atoms with van der Waals surface area (Å²) < 4.78 is 5.47. The first-order valence-electron chi connectivity index (χ1n) is 5.09. The Balaban J connectivity index is 2.50. The highest BCUT2D eigenvalue weighted by Crippen LogP contribution is 2.34. The van der Waals surface area contributed by atoms with Crippen LogP contribution < -0.4 is 9.64 Å². The zero-order valence-electron chi connectivity index (χ0n) is 9.23. The zero-order chi connectivity index (χ0) is 11.7. The normalized spacial score (nSPS) is 18.7. The minimum Gasteiger partial charge on any atom is -0.479 e. The number of amides is 1. The fourth-order valence-corrected chi connectivity index (χ4v) is 1.75. The molecule has 1 aromatic rings. The molecule has 1 aromatic carbocycles. The molecule has 1 aliphatic rings. The minimum atomic E-state index is -0.524. The van der Waals surface area contributed by atoms with Crippen LogP contribution in [0, 0.1) is 18.3 Å². The summed E-state index contributed by atoms with van der Waals surface area (Å²) in [5, 5.41) is 8.73. The van der Waals surface area contributed by atoms with Crippen molar-refractivity contribution in [3.63, 3.8) is 0 Å². The van der Waals surface area contributed by atoms with Gasteiger partial charge in [0.25, 0.3) is 5.91 Å². The first kappa shape index (κ1) is 10.5. The molecule has 4 heteroatoms. The first-order valence-corrected chi connectivity index (χ1v) is 5.09. The average molecular weight is 216 g/mol. The van der Waals surface area contributed by atoms with Crippen LogP contribution in [0.3, 0.4) is 0 Å². The van der Waals surface area contributed by atoms with E-state index in [9.17, 15) is 4.79 Å². The molecular formula is C12H12N2O2. The number of carbonyl (C=O) groups is 1. The smallest absolute Gasteiger partial charge is 0.268 e.